The molecule has 0 aromatic heterocycles. The molecule has 0 atom stereocenters. The Morgan fingerprint density at radius 2 is 2.00 bits per heavy atom. The molecule has 2 aliphatic rings. The molecule has 1 aromatic rings. The average Bonchev–Trinajstić information content (AvgIpc) is 2.76. The van der Waals surface area contributed by atoms with Crippen molar-refractivity contribution in [2.75, 3.05) is 11.1 Å². The van der Waals surface area contributed by atoms with Crippen LogP contribution in [0, 0.1) is 5.92 Å². The number of nitrogens with two attached hydrogens (primary N) is 1. The predicted octanol–water partition coefficient (Wildman–Crippen LogP) is 3.12. The number of carbonyl (C=O) groups is 1. The highest BCUT2D eigenvalue weighted by atomic mass is 16.2. The van der Waals surface area contributed by atoms with Crippen LogP contribution >= 0.6 is 0 Å². The predicted molar refractivity (Wildman–Crippen MR) is 86.6 cm³/mol. The van der Waals surface area contributed by atoms with Gasteiger partial charge in [-0.2, -0.15) is 0 Å². The van der Waals surface area contributed by atoms with E-state index in [-0.39, 0.29) is 5.91 Å². The number of nitrogens with one attached hydrogen (secondary N) is 2. The van der Waals surface area contributed by atoms with E-state index in [2.05, 4.69) is 17.6 Å². The van der Waals surface area contributed by atoms with Crippen LogP contribution in [0.25, 0.3) is 5.57 Å². The maximum Gasteiger partial charge on any atom is 0.258 e. The fraction of sp³-hybridized carbons (Fsp3) is 0.471. The van der Waals surface area contributed by atoms with E-state index in [0.29, 0.717) is 11.7 Å². The SMILES string of the molecule is C/C(NC1CCC(C)CC1)=C1/C(=O)Nc2ccc(N)cc21. The lowest BCUT2D eigenvalue weighted by atomic mass is 9.87. The van der Waals surface area contributed by atoms with Crippen LogP contribution in [-0.2, 0) is 4.79 Å². The first-order valence-electron chi connectivity index (χ1n) is 7.73. The molecule has 0 spiro atoms. The standard InChI is InChI=1S/C17H23N3O/c1-10-3-6-13(7-4-10)19-11(2)16-14-9-12(18)5-8-15(14)20-17(16)21/h5,8-10,13,19H,3-4,6-7,18H2,1-2H3,(H,20,21)/b16-11-. The van der Waals surface area contributed by atoms with Crippen molar-refractivity contribution < 1.29 is 4.79 Å². The maximum atomic E-state index is 12.2. The topological polar surface area (TPSA) is 67.2 Å². The molecule has 1 aliphatic heterocycles. The summed E-state index contributed by atoms with van der Waals surface area (Å²) in [6.07, 6.45) is 4.88. The Morgan fingerprint density at radius 3 is 2.71 bits per heavy atom. The lowest BCUT2D eigenvalue weighted by molar-refractivity contribution is -0.110. The normalized spacial score (nSPS) is 27.0. The zero-order chi connectivity index (χ0) is 15.0. The number of fused-ring (bicyclic) bond motifs is 1. The summed E-state index contributed by atoms with van der Waals surface area (Å²) >= 11 is 0. The molecule has 1 aromatic carbocycles. The van der Waals surface area contributed by atoms with Crippen LogP contribution in [0.5, 0.6) is 0 Å². The van der Waals surface area contributed by atoms with Crippen LogP contribution in [0.3, 0.4) is 0 Å². The van der Waals surface area contributed by atoms with Gasteiger partial charge in [0, 0.05) is 28.7 Å². The molecule has 0 radical (unpaired) electrons. The lowest BCUT2D eigenvalue weighted by Crippen LogP contribution is -2.32. The zero-order valence-electron chi connectivity index (χ0n) is 12.7. The second-order valence-corrected chi connectivity index (χ2v) is 6.36. The molecule has 1 heterocycles. The largest absolute Gasteiger partial charge is 0.399 e. The first-order chi connectivity index (χ1) is 10.0. The molecule has 112 valence electrons. The third-order valence-corrected chi connectivity index (χ3v) is 4.60. The summed E-state index contributed by atoms with van der Waals surface area (Å²) < 4.78 is 0. The van der Waals surface area contributed by atoms with E-state index in [1.54, 1.807) is 0 Å². The summed E-state index contributed by atoms with van der Waals surface area (Å²) in [5.74, 6) is 0.788. The molecular formula is C17H23N3O. The molecule has 1 saturated carbocycles. The van der Waals surface area contributed by atoms with Crippen molar-refractivity contribution in [2.45, 2.75) is 45.6 Å². The van der Waals surface area contributed by atoms with Crippen molar-refractivity contribution in [3.8, 4) is 0 Å². The molecule has 4 N–H and O–H groups in total. The van der Waals surface area contributed by atoms with Gasteiger partial charge in [0.2, 0.25) is 0 Å². The molecule has 21 heavy (non-hydrogen) atoms. The van der Waals surface area contributed by atoms with Crippen LogP contribution in [-0.4, -0.2) is 11.9 Å². The second-order valence-electron chi connectivity index (χ2n) is 6.36. The fourth-order valence-corrected chi connectivity index (χ4v) is 3.34. The van der Waals surface area contributed by atoms with Gasteiger partial charge in [0.25, 0.3) is 5.91 Å². The highest BCUT2D eigenvalue weighted by molar-refractivity contribution is 6.32. The van der Waals surface area contributed by atoms with Gasteiger partial charge in [-0.25, -0.2) is 0 Å². The minimum Gasteiger partial charge on any atom is -0.399 e. The Morgan fingerprint density at radius 1 is 1.29 bits per heavy atom. The van der Waals surface area contributed by atoms with Gasteiger partial charge in [0.05, 0.1) is 5.57 Å². The summed E-state index contributed by atoms with van der Waals surface area (Å²) in [6.45, 7) is 4.30. The third kappa shape index (κ3) is 2.75. The molecule has 1 aliphatic carbocycles. The molecule has 0 unspecified atom stereocenters. The number of rotatable bonds is 2. The molecule has 0 bridgehead atoms. The van der Waals surface area contributed by atoms with E-state index in [9.17, 15) is 4.79 Å². The van der Waals surface area contributed by atoms with Crippen molar-refractivity contribution in [3.05, 3.63) is 29.5 Å². The molecule has 1 amide bonds. The van der Waals surface area contributed by atoms with E-state index in [4.69, 9.17) is 5.73 Å². The average molecular weight is 285 g/mol. The minimum absolute atomic E-state index is 0.0372. The second kappa shape index (κ2) is 5.43. The Balaban J connectivity index is 1.84. The van der Waals surface area contributed by atoms with Gasteiger partial charge >= 0.3 is 0 Å². The van der Waals surface area contributed by atoms with E-state index in [1.807, 2.05) is 25.1 Å². The highest BCUT2D eigenvalue weighted by Gasteiger charge is 2.27. The molecule has 4 heteroatoms. The number of nitrogen functional groups attached to an aromatic ring is 1. The summed E-state index contributed by atoms with van der Waals surface area (Å²) in [5, 5.41) is 6.46. The quantitative estimate of drug-likeness (QED) is 0.577. The number of anilines is 2. The van der Waals surface area contributed by atoms with Gasteiger partial charge in [-0.1, -0.05) is 6.92 Å². The minimum atomic E-state index is -0.0372. The van der Waals surface area contributed by atoms with E-state index >= 15 is 0 Å². The number of hydrogen-bond acceptors (Lipinski definition) is 3. The number of hydrogen-bond donors (Lipinski definition) is 3. The fourth-order valence-electron chi connectivity index (χ4n) is 3.34. The third-order valence-electron chi connectivity index (χ3n) is 4.60. The van der Waals surface area contributed by atoms with Crippen molar-refractivity contribution in [1.82, 2.24) is 5.32 Å². The Bertz CT molecular complexity index is 598. The molecule has 3 rings (SSSR count). The van der Waals surface area contributed by atoms with E-state index in [1.165, 1.54) is 25.7 Å². The number of carbonyl (C=O) groups excluding carboxylic acids is 1. The molecule has 1 fully saturated rings. The van der Waals surface area contributed by atoms with Gasteiger partial charge in [0.15, 0.2) is 0 Å². The monoisotopic (exact) mass is 285 g/mol. The van der Waals surface area contributed by atoms with Crippen molar-refractivity contribution in [2.24, 2.45) is 5.92 Å². The highest BCUT2D eigenvalue weighted by Crippen LogP contribution is 2.35. The molecular weight excluding hydrogens is 262 g/mol. The van der Waals surface area contributed by atoms with Crippen LogP contribution in [0.4, 0.5) is 11.4 Å². The summed E-state index contributed by atoms with van der Waals surface area (Å²) in [5.41, 5.74) is 9.99. The maximum absolute atomic E-state index is 12.2. The summed E-state index contributed by atoms with van der Waals surface area (Å²) in [6, 6.07) is 6.03. The van der Waals surface area contributed by atoms with Crippen molar-refractivity contribution in [1.29, 1.82) is 0 Å². The Labute approximate surface area is 125 Å². The van der Waals surface area contributed by atoms with Crippen molar-refractivity contribution in [3.63, 3.8) is 0 Å². The first-order valence-corrected chi connectivity index (χ1v) is 7.73. The number of amides is 1. The smallest absolute Gasteiger partial charge is 0.258 e. The first kappa shape index (κ1) is 14.0. The van der Waals surface area contributed by atoms with Gasteiger partial charge < -0.3 is 16.4 Å². The molecule has 0 saturated heterocycles. The van der Waals surface area contributed by atoms with E-state index in [0.717, 1.165) is 28.4 Å². The number of benzene rings is 1. The van der Waals surface area contributed by atoms with Gasteiger partial charge in [-0.3, -0.25) is 4.79 Å². The molecule has 4 nitrogen and oxygen atoms in total. The Hall–Kier alpha value is -1.97. The van der Waals surface area contributed by atoms with Gasteiger partial charge in [-0.05, 0) is 56.7 Å². The van der Waals surface area contributed by atoms with Crippen LogP contribution in [0.2, 0.25) is 0 Å². The van der Waals surface area contributed by atoms with E-state index < -0.39 is 0 Å². The van der Waals surface area contributed by atoms with Gasteiger partial charge in [-0.15, -0.1) is 0 Å². The van der Waals surface area contributed by atoms with Gasteiger partial charge in [0.1, 0.15) is 0 Å². The summed E-state index contributed by atoms with van der Waals surface area (Å²) in [7, 11) is 0. The Kier molecular flexibility index (Phi) is 3.62. The lowest BCUT2D eigenvalue weighted by Gasteiger charge is -2.28. The van der Waals surface area contributed by atoms with Crippen LogP contribution in [0.1, 0.15) is 45.1 Å². The summed E-state index contributed by atoms with van der Waals surface area (Å²) in [4.78, 5) is 12.2. The zero-order valence-corrected chi connectivity index (χ0v) is 12.7. The van der Waals surface area contributed by atoms with Crippen LogP contribution in [0.15, 0.2) is 23.9 Å². The van der Waals surface area contributed by atoms with Crippen molar-refractivity contribution >= 4 is 22.9 Å². The number of allylic oxidation sites excluding steroid dienone is 1. The van der Waals surface area contributed by atoms with Crippen LogP contribution < -0.4 is 16.4 Å².